The van der Waals surface area contributed by atoms with Gasteiger partial charge in [-0.05, 0) is 118 Å². The number of hydrogen-bond donors (Lipinski definition) is 0. The fourth-order valence-corrected chi connectivity index (χ4v) is 5.84. The van der Waals surface area contributed by atoms with Crippen molar-refractivity contribution < 1.29 is 0 Å². The molecule has 0 spiro atoms. The van der Waals surface area contributed by atoms with E-state index in [1.54, 1.807) is 0 Å². The van der Waals surface area contributed by atoms with Gasteiger partial charge in [0.05, 0.1) is 5.70 Å². The lowest BCUT2D eigenvalue weighted by Crippen LogP contribution is -2.26. The molecule has 0 atom stereocenters. The first-order valence-corrected chi connectivity index (χ1v) is 17.3. The normalized spacial score (nSPS) is 14.2. The van der Waals surface area contributed by atoms with E-state index in [4.69, 9.17) is 4.99 Å². The molecule has 0 saturated heterocycles. The highest BCUT2D eigenvalue weighted by Gasteiger charge is 2.09. The molecule has 0 heterocycles. The molecule has 0 amide bonds. The molecule has 4 aromatic carbocycles. The summed E-state index contributed by atoms with van der Waals surface area (Å²) in [6.45, 7) is 23.2. The number of aliphatic imine (C=N–C) groups is 1. The van der Waals surface area contributed by atoms with Crippen LogP contribution >= 0.6 is 0 Å². The Morgan fingerprint density at radius 1 is 0.680 bits per heavy atom. The second kappa shape index (κ2) is 18.7. The third-order valence-corrected chi connectivity index (χ3v) is 8.69. The molecule has 4 aromatic rings. The molecule has 1 nitrogen and oxygen atoms in total. The van der Waals surface area contributed by atoms with E-state index >= 15 is 0 Å². The van der Waals surface area contributed by atoms with Gasteiger partial charge in [-0.25, -0.2) is 0 Å². The van der Waals surface area contributed by atoms with Crippen molar-refractivity contribution in [3.63, 3.8) is 0 Å². The fourth-order valence-electron chi connectivity index (χ4n) is 5.84. The van der Waals surface area contributed by atoms with Gasteiger partial charge in [-0.2, -0.15) is 0 Å². The Bertz CT molecular complexity index is 2160. The first-order chi connectivity index (χ1) is 24.3. The van der Waals surface area contributed by atoms with Crippen molar-refractivity contribution in [2.75, 3.05) is 0 Å². The number of hydrogen-bond acceptors (Lipinski definition) is 1. The van der Waals surface area contributed by atoms with Gasteiger partial charge >= 0.3 is 0 Å². The molecule has 4 rings (SSSR count). The molecule has 0 N–H and O–H groups in total. The Labute approximate surface area is 300 Å². The summed E-state index contributed by atoms with van der Waals surface area (Å²) in [5.41, 5.74) is 12.5. The maximum absolute atomic E-state index is 5.28. The molecule has 0 unspecified atom stereocenters. The highest BCUT2D eigenvalue weighted by Crippen LogP contribution is 2.27. The van der Waals surface area contributed by atoms with Gasteiger partial charge < -0.3 is 0 Å². The molecule has 0 aliphatic heterocycles. The van der Waals surface area contributed by atoms with Crippen LogP contribution in [-0.4, -0.2) is 5.71 Å². The molecule has 0 aliphatic rings. The SMILES string of the molecule is C=CC(=C\C=C(C)\C(C=C)=C\C=C/C)/C(=C/C(=C)c1cccc(-c2ccccc2)c1)N=C(C)c1cccc(/C(CC)=c2\cccc\c2=C\C)c1. The first-order valence-electron chi connectivity index (χ1n) is 17.3. The van der Waals surface area contributed by atoms with Crippen molar-refractivity contribution in [3.05, 3.63) is 221 Å². The standard InChI is InChI=1S/C49H49N/c1-9-14-22-39(10-2)36(6)31-32-41(12-4)49(33-37(7)43-26-20-28-45(34-43)42-24-16-15-17-25-42)50-38(8)44-27-21-29-46(35-44)47(13-5)48-30-19-18-23-40(48)11-3/h9-12,14-35H,2,4,7,13H2,1,3,5-6,8H3/b14-9-,36-31+,39-22+,40-11-,41-32+,48-47+,49-33-,50-38?. The second-order valence-electron chi connectivity index (χ2n) is 12.0. The molecule has 0 aromatic heterocycles. The molecular weight excluding hydrogens is 603 g/mol. The molecule has 250 valence electrons. The van der Waals surface area contributed by atoms with Crippen molar-refractivity contribution in [3.8, 4) is 11.1 Å². The maximum Gasteiger partial charge on any atom is 0.0711 e. The minimum Gasteiger partial charge on any atom is -0.252 e. The van der Waals surface area contributed by atoms with E-state index in [9.17, 15) is 0 Å². The Hall–Kier alpha value is -5.79. The third-order valence-electron chi connectivity index (χ3n) is 8.69. The zero-order chi connectivity index (χ0) is 35.9. The molecule has 0 saturated carbocycles. The maximum atomic E-state index is 5.28. The van der Waals surface area contributed by atoms with E-state index in [1.165, 1.54) is 27.1 Å². The van der Waals surface area contributed by atoms with Crippen molar-refractivity contribution in [2.24, 2.45) is 4.99 Å². The average molecular weight is 652 g/mol. The van der Waals surface area contributed by atoms with Gasteiger partial charge in [-0.15, -0.1) is 0 Å². The topological polar surface area (TPSA) is 12.4 Å². The largest absolute Gasteiger partial charge is 0.252 e. The van der Waals surface area contributed by atoms with Crippen LogP contribution in [0.4, 0.5) is 0 Å². The van der Waals surface area contributed by atoms with Gasteiger partial charge in [0.15, 0.2) is 0 Å². The van der Waals surface area contributed by atoms with Crippen LogP contribution in [0.15, 0.2) is 199 Å². The van der Waals surface area contributed by atoms with Crippen LogP contribution in [0, 0.1) is 0 Å². The molecule has 50 heavy (non-hydrogen) atoms. The molecule has 0 radical (unpaired) electrons. The monoisotopic (exact) mass is 651 g/mol. The van der Waals surface area contributed by atoms with Gasteiger partial charge in [-0.1, -0.05) is 166 Å². The minimum atomic E-state index is 0.783. The minimum absolute atomic E-state index is 0.783. The van der Waals surface area contributed by atoms with Crippen LogP contribution in [0.1, 0.15) is 57.7 Å². The molecule has 1 heteroatoms. The molecule has 0 fully saturated rings. The van der Waals surface area contributed by atoms with E-state index in [0.717, 1.165) is 56.8 Å². The van der Waals surface area contributed by atoms with E-state index < -0.39 is 0 Å². The third kappa shape index (κ3) is 9.65. The summed E-state index contributed by atoms with van der Waals surface area (Å²) in [7, 11) is 0. The van der Waals surface area contributed by atoms with E-state index in [0.29, 0.717) is 0 Å². The van der Waals surface area contributed by atoms with Crippen LogP contribution in [0.2, 0.25) is 0 Å². The van der Waals surface area contributed by atoms with Crippen LogP contribution in [0.3, 0.4) is 0 Å². The van der Waals surface area contributed by atoms with Gasteiger partial charge in [0.25, 0.3) is 0 Å². The lowest BCUT2D eigenvalue weighted by molar-refractivity contribution is 1.21. The Balaban J connectivity index is 1.86. The van der Waals surface area contributed by atoms with E-state index in [2.05, 4.69) is 175 Å². The summed E-state index contributed by atoms with van der Waals surface area (Å²) >= 11 is 0. The smallest absolute Gasteiger partial charge is 0.0711 e. The lowest BCUT2D eigenvalue weighted by atomic mass is 9.96. The summed E-state index contributed by atoms with van der Waals surface area (Å²) in [6, 6.07) is 36.2. The Kier molecular flexibility index (Phi) is 13.8. The van der Waals surface area contributed by atoms with Crippen molar-refractivity contribution >= 4 is 22.9 Å². The molecule has 0 aliphatic carbocycles. The predicted octanol–water partition coefficient (Wildman–Crippen LogP) is 11.9. The highest BCUT2D eigenvalue weighted by atomic mass is 14.8. The summed E-state index contributed by atoms with van der Waals surface area (Å²) in [4.78, 5) is 5.28. The number of allylic oxidation sites excluding steroid dienone is 11. The number of rotatable bonds is 13. The van der Waals surface area contributed by atoms with Gasteiger partial charge in [0.2, 0.25) is 0 Å². The van der Waals surface area contributed by atoms with Gasteiger partial charge in [0, 0.05) is 5.71 Å². The predicted molar refractivity (Wildman–Crippen MR) is 221 cm³/mol. The second-order valence-corrected chi connectivity index (χ2v) is 12.0. The average Bonchev–Trinajstić information content (AvgIpc) is 3.16. The van der Waals surface area contributed by atoms with Crippen molar-refractivity contribution in [1.29, 1.82) is 0 Å². The van der Waals surface area contributed by atoms with Crippen LogP contribution in [-0.2, 0) is 0 Å². The zero-order valence-corrected chi connectivity index (χ0v) is 30.3. The summed E-state index contributed by atoms with van der Waals surface area (Å²) < 4.78 is 0. The summed E-state index contributed by atoms with van der Waals surface area (Å²) in [5, 5.41) is 2.50. The van der Waals surface area contributed by atoms with Crippen molar-refractivity contribution in [1.82, 2.24) is 0 Å². The number of nitrogens with zero attached hydrogens (tertiary/aromatic N) is 1. The van der Waals surface area contributed by atoms with Crippen LogP contribution in [0.25, 0.3) is 28.3 Å². The van der Waals surface area contributed by atoms with Gasteiger partial charge in [0.1, 0.15) is 0 Å². The van der Waals surface area contributed by atoms with E-state index in [-0.39, 0.29) is 0 Å². The zero-order valence-electron chi connectivity index (χ0n) is 30.3. The van der Waals surface area contributed by atoms with Crippen LogP contribution in [0.5, 0.6) is 0 Å². The molecule has 0 bridgehead atoms. The quantitative estimate of drug-likeness (QED) is 0.101. The Morgan fingerprint density at radius 2 is 1.34 bits per heavy atom. The van der Waals surface area contributed by atoms with Crippen LogP contribution < -0.4 is 10.4 Å². The van der Waals surface area contributed by atoms with Crippen molar-refractivity contribution in [2.45, 2.75) is 41.0 Å². The summed E-state index contributed by atoms with van der Waals surface area (Å²) in [5.74, 6) is 0. The fraction of sp³-hybridized carbons (Fsp3) is 0.122. The highest BCUT2D eigenvalue weighted by molar-refractivity contribution is 6.00. The molecular formula is C49H49N. The first kappa shape index (κ1) is 37.0. The lowest BCUT2D eigenvalue weighted by Gasteiger charge is -2.12. The Morgan fingerprint density at radius 3 is 2.04 bits per heavy atom. The number of benzene rings is 4. The summed E-state index contributed by atoms with van der Waals surface area (Å²) in [6.07, 6.45) is 19.2. The van der Waals surface area contributed by atoms with E-state index in [1.807, 2.05) is 37.3 Å². The van der Waals surface area contributed by atoms with Gasteiger partial charge in [-0.3, -0.25) is 4.99 Å².